The molecule has 0 fully saturated rings. The molecule has 0 bridgehead atoms. The van der Waals surface area contributed by atoms with Crippen LogP contribution in [0.15, 0.2) is 24.3 Å². The van der Waals surface area contributed by atoms with Crippen LogP contribution < -0.4 is 48.4 Å². The molecule has 0 aliphatic heterocycles. The summed E-state index contributed by atoms with van der Waals surface area (Å²) in [6, 6.07) is 5.34. The molecule has 0 heterocycles. The van der Waals surface area contributed by atoms with Crippen molar-refractivity contribution < 1.29 is 75.5 Å². The number of carbonyl (C=O) groups excluding carboxylic acids is 2. The Labute approximate surface area is 237 Å². The number of aromatic carboxylic acids is 1. The Morgan fingerprint density at radius 3 is 1.45 bits per heavy atom. The zero-order valence-electron chi connectivity index (χ0n) is 23.2. The predicted molar refractivity (Wildman–Crippen MR) is 126 cm³/mol. The van der Waals surface area contributed by atoms with Crippen molar-refractivity contribution in [1.82, 2.24) is 0 Å². The van der Waals surface area contributed by atoms with Gasteiger partial charge in [-0.2, -0.15) is 0 Å². The summed E-state index contributed by atoms with van der Waals surface area (Å²) in [6.45, 7) is 2.25. The summed E-state index contributed by atoms with van der Waals surface area (Å²) in [7, 11) is 0. The van der Waals surface area contributed by atoms with E-state index in [1.54, 1.807) is 0 Å². The van der Waals surface area contributed by atoms with Gasteiger partial charge in [-0.1, -0.05) is 96.8 Å². The van der Waals surface area contributed by atoms with E-state index in [0.717, 1.165) is 19.3 Å². The van der Waals surface area contributed by atoms with Crippen LogP contribution in [0.2, 0.25) is 0 Å². The number of carboxylic acids is 1. The van der Waals surface area contributed by atoms with Crippen LogP contribution in [-0.4, -0.2) is 23.0 Å². The third kappa shape index (κ3) is 18.4. The molecule has 0 aliphatic rings. The minimum Gasteiger partial charge on any atom is -1.00 e. The molecule has 0 unspecified atom stereocenters. The summed E-state index contributed by atoms with van der Waals surface area (Å²) in [5.41, 5.74) is 0.260. The molecule has 0 saturated heterocycles. The Balaban J connectivity index is -0.00000120. The van der Waals surface area contributed by atoms with Gasteiger partial charge in [-0.25, -0.2) is 9.59 Å². The van der Waals surface area contributed by atoms with Gasteiger partial charge >= 0.3 is 66.3 Å². The maximum absolute atomic E-state index is 11.9. The van der Waals surface area contributed by atoms with E-state index in [2.05, 4.69) is 6.92 Å². The number of unbranched alkanes of at least 4 members (excludes halogenated alkanes) is 14. The van der Waals surface area contributed by atoms with Crippen molar-refractivity contribution in [3.8, 4) is 0 Å². The van der Waals surface area contributed by atoms with Crippen LogP contribution in [0.4, 0.5) is 0 Å². The molecule has 0 atom stereocenters. The Bertz CT molecular complexity index is 660. The molecule has 0 aromatic heterocycles. The first-order chi connectivity index (χ1) is 15.0. The number of hydrogen-bond acceptors (Lipinski definition) is 4. The van der Waals surface area contributed by atoms with Crippen LogP contribution in [0.5, 0.6) is 0 Å². The molecule has 33 heavy (non-hydrogen) atoms. The van der Waals surface area contributed by atoms with Gasteiger partial charge in [-0.15, -0.1) is 0 Å². The Kier molecular flexibility index (Phi) is 24.3. The number of benzene rings is 1. The van der Waals surface area contributed by atoms with E-state index < -0.39 is 17.9 Å². The summed E-state index contributed by atoms with van der Waals surface area (Å²) < 4.78 is 4.83. The summed E-state index contributed by atoms with van der Waals surface area (Å²) in [4.78, 5) is 34.5. The number of esters is 2. The van der Waals surface area contributed by atoms with Crippen molar-refractivity contribution in [3.05, 3.63) is 35.4 Å². The predicted octanol–water partition coefficient (Wildman–Crippen LogP) is 1.56. The average molecular weight is 465 g/mol. The molecule has 0 aliphatic carbocycles. The van der Waals surface area contributed by atoms with Gasteiger partial charge in [0.1, 0.15) is 0 Å². The second-order valence-corrected chi connectivity index (χ2v) is 8.34. The van der Waals surface area contributed by atoms with Crippen molar-refractivity contribution >= 4 is 17.9 Å². The zero-order chi connectivity index (χ0) is 22.7. The quantitative estimate of drug-likeness (QED) is 0.154. The number of carbonyl (C=O) groups is 3. The Hall–Kier alpha value is -0.573. The summed E-state index contributed by atoms with van der Waals surface area (Å²) in [6.07, 6.45) is 19.1. The minimum atomic E-state index is -1.07. The summed E-state index contributed by atoms with van der Waals surface area (Å²) >= 11 is 0. The van der Waals surface area contributed by atoms with E-state index in [1.807, 2.05) is 0 Å². The second-order valence-electron chi connectivity index (χ2n) is 8.34. The van der Waals surface area contributed by atoms with Gasteiger partial charge in [-0.3, -0.25) is 4.79 Å². The topological polar surface area (TPSA) is 80.7 Å². The van der Waals surface area contributed by atoms with Crippen LogP contribution in [0.1, 0.15) is 133 Å². The molecule has 1 rings (SSSR count). The first-order valence-electron chi connectivity index (χ1n) is 12.1. The number of hydrogen-bond donors (Lipinski definition) is 1. The fourth-order valence-corrected chi connectivity index (χ4v) is 3.60. The monoisotopic (exact) mass is 464 g/mol. The SMILES string of the molecule is CCCCCCCCCCCCCCCCCC(=O)OC(=O)c1ccc(C(=O)O)cc1.[H-].[H-].[Li+].[Na+]. The van der Waals surface area contributed by atoms with E-state index >= 15 is 0 Å². The van der Waals surface area contributed by atoms with Crippen molar-refractivity contribution in [2.24, 2.45) is 0 Å². The van der Waals surface area contributed by atoms with Crippen molar-refractivity contribution in [2.45, 2.75) is 110 Å². The van der Waals surface area contributed by atoms with Crippen molar-refractivity contribution in [2.75, 3.05) is 0 Å². The van der Waals surface area contributed by atoms with Crippen LogP contribution in [-0.2, 0) is 9.53 Å². The van der Waals surface area contributed by atoms with Gasteiger partial charge in [-0.05, 0) is 30.7 Å². The molecular weight excluding hydrogens is 422 g/mol. The molecule has 1 N–H and O–H groups in total. The van der Waals surface area contributed by atoms with Crippen molar-refractivity contribution in [1.29, 1.82) is 0 Å². The molecule has 0 spiro atoms. The molecule has 1 aromatic rings. The molecule has 178 valence electrons. The van der Waals surface area contributed by atoms with E-state index in [4.69, 9.17) is 9.84 Å². The second kappa shape index (κ2) is 23.2. The minimum absolute atomic E-state index is 0. The Morgan fingerprint density at radius 2 is 1.06 bits per heavy atom. The van der Waals surface area contributed by atoms with Crippen molar-refractivity contribution in [3.63, 3.8) is 0 Å². The maximum Gasteiger partial charge on any atom is 1.00 e. The van der Waals surface area contributed by atoms with E-state index in [-0.39, 0.29) is 68.8 Å². The molecule has 0 amide bonds. The molecule has 7 heteroatoms. The Morgan fingerprint density at radius 1 is 0.697 bits per heavy atom. The van der Waals surface area contributed by atoms with E-state index in [1.165, 1.54) is 101 Å². The van der Waals surface area contributed by atoms with Gasteiger partial charge in [0, 0.05) is 6.42 Å². The van der Waals surface area contributed by atoms with Crippen LogP contribution in [0.3, 0.4) is 0 Å². The normalized spacial score (nSPS) is 10.1. The first kappa shape index (κ1) is 34.6. The summed E-state index contributed by atoms with van der Waals surface area (Å²) in [5, 5.41) is 8.85. The van der Waals surface area contributed by atoms with E-state index in [9.17, 15) is 14.4 Å². The fraction of sp³-hybridized carbons (Fsp3) is 0.654. The van der Waals surface area contributed by atoms with Crippen LogP contribution in [0, 0.1) is 0 Å². The first-order valence-corrected chi connectivity index (χ1v) is 12.1. The van der Waals surface area contributed by atoms with Gasteiger partial charge < -0.3 is 12.7 Å². The third-order valence-electron chi connectivity index (χ3n) is 5.56. The van der Waals surface area contributed by atoms with Crippen LogP contribution in [0.25, 0.3) is 0 Å². The van der Waals surface area contributed by atoms with Gasteiger partial charge in [0.15, 0.2) is 0 Å². The smallest absolute Gasteiger partial charge is 1.00 e. The number of ether oxygens (including phenoxy) is 1. The standard InChI is InChI=1S/C26H40O5.Li.Na.2H/c1-2-3-4-5-6-7-8-9-10-11-12-13-14-15-16-17-24(27)31-26(30)23-20-18-22(19-21-23)25(28)29;;;;/h18-21H,2-17H2,1H3,(H,28,29);;;;/q;2*+1;2*-1. The van der Waals surface area contributed by atoms with E-state index in [0.29, 0.717) is 0 Å². The van der Waals surface area contributed by atoms with Gasteiger partial charge in [0.05, 0.1) is 11.1 Å². The molecule has 0 radical (unpaired) electrons. The molecule has 0 saturated carbocycles. The third-order valence-corrected chi connectivity index (χ3v) is 5.56. The number of carboxylic acid groups (broad SMARTS) is 1. The summed E-state index contributed by atoms with van der Waals surface area (Å²) in [5.74, 6) is -2.32. The molecule has 1 aromatic carbocycles. The number of rotatable bonds is 18. The fourth-order valence-electron chi connectivity index (χ4n) is 3.60. The van der Waals surface area contributed by atoms with Gasteiger partial charge in [0.2, 0.25) is 0 Å². The molecule has 5 nitrogen and oxygen atoms in total. The molecular formula is C26H42LiNaO5. The average Bonchev–Trinajstić information content (AvgIpc) is 2.76. The van der Waals surface area contributed by atoms with Gasteiger partial charge in [0.25, 0.3) is 0 Å². The van der Waals surface area contributed by atoms with Crippen LogP contribution >= 0.6 is 0 Å². The largest absolute Gasteiger partial charge is 1.00 e. The maximum atomic E-state index is 11.9. The zero-order valence-corrected chi connectivity index (χ0v) is 23.2.